The fraction of sp³-hybridized carbons (Fsp3) is 0.615. The summed E-state index contributed by atoms with van der Waals surface area (Å²) < 4.78 is 1.08. The van der Waals surface area contributed by atoms with E-state index in [4.69, 9.17) is 0 Å². The molecule has 0 bridgehead atoms. The minimum absolute atomic E-state index is 0.0406. The number of thiophene rings is 1. The number of amides is 1. The Morgan fingerprint density at radius 1 is 1.50 bits per heavy atom. The van der Waals surface area contributed by atoms with Gasteiger partial charge < -0.3 is 10.2 Å². The van der Waals surface area contributed by atoms with Crippen molar-refractivity contribution in [1.29, 1.82) is 0 Å². The van der Waals surface area contributed by atoms with Crippen molar-refractivity contribution in [2.75, 3.05) is 20.1 Å². The second-order valence-corrected chi connectivity index (χ2v) is 7.29. The first kappa shape index (κ1) is 14.0. The van der Waals surface area contributed by atoms with Gasteiger partial charge in [0.1, 0.15) is 0 Å². The summed E-state index contributed by atoms with van der Waals surface area (Å²) in [5.74, 6) is 0.192. The molecule has 2 heterocycles. The monoisotopic (exact) mass is 330 g/mol. The third-order valence-corrected chi connectivity index (χ3v) is 5.40. The Hall–Kier alpha value is -0.390. The van der Waals surface area contributed by atoms with Crippen molar-refractivity contribution in [3.8, 4) is 0 Å². The second kappa shape index (κ2) is 6.17. The number of piperidine rings is 1. The van der Waals surface area contributed by atoms with E-state index in [1.807, 2.05) is 31.0 Å². The summed E-state index contributed by atoms with van der Waals surface area (Å²) in [6.45, 7) is 4.03. The lowest BCUT2D eigenvalue weighted by Gasteiger charge is -2.33. The van der Waals surface area contributed by atoms with E-state index in [1.54, 1.807) is 11.3 Å². The molecule has 0 radical (unpaired) electrons. The summed E-state index contributed by atoms with van der Waals surface area (Å²) in [6, 6.07) is 4.44. The molecule has 0 spiro atoms. The Balaban J connectivity index is 2.01. The van der Waals surface area contributed by atoms with Gasteiger partial charge in [-0.05, 0) is 60.9 Å². The van der Waals surface area contributed by atoms with Gasteiger partial charge >= 0.3 is 0 Å². The number of nitrogens with zero attached hydrogens (tertiary/aromatic N) is 1. The van der Waals surface area contributed by atoms with Crippen molar-refractivity contribution >= 4 is 33.2 Å². The van der Waals surface area contributed by atoms with Crippen LogP contribution in [0.15, 0.2) is 15.9 Å². The fourth-order valence-electron chi connectivity index (χ4n) is 2.36. The van der Waals surface area contributed by atoms with Crippen LogP contribution >= 0.6 is 27.3 Å². The summed E-state index contributed by atoms with van der Waals surface area (Å²) >= 11 is 5.09. The maximum absolute atomic E-state index is 12.4. The van der Waals surface area contributed by atoms with Crippen LogP contribution in [0.4, 0.5) is 0 Å². The van der Waals surface area contributed by atoms with E-state index in [2.05, 4.69) is 21.2 Å². The maximum Gasteiger partial charge on any atom is 0.230 e. The molecule has 3 nitrogen and oxygen atoms in total. The van der Waals surface area contributed by atoms with Crippen molar-refractivity contribution in [3.05, 3.63) is 20.8 Å². The Morgan fingerprint density at radius 3 is 2.72 bits per heavy atom. The summed E-state index contributed by atoms with van der Waals surface area (Å²) in [4.78, 5) is 15.5. The van der Waals surface area contributed by atoms with E-state index >= 15 is 0 Å². The van der Waals surface area contributed by atoms with E-state index in [1.165, 1.54) is 0 Å². The number of hydrogen-bond acceptors (Lipinski definition) is 3. The van der Waals surface area contributed by atoms with Gasteiger partial charge in [-0.2, -0.15) is 0 Å². The van der Waals surface area contributed by atoms with Crippen molar-refractivity contribution in [3.63, 3.8) is 0 Å². The molecule has 0 saturated carbocycles. The van der Waals surface area contributed by atoms with Gasteiger partial charge in [0.15, 0.2) is 0 Å². The lowest BCUT2D eigenvalue weighted by atomic mass is 10.0. The highest BCUT2D eigenvalue weighted by molar-refractivity contribution is 9.11. The third kappa shape index (κ3) is 3.13. The molecule has 5 heteroatoms. The zero-order chi connectivity index (χ0) is 13.1. The third-order valence-electron chi connectivity index (χ3n) is 3.60. The molecule has 1 saturated heterocycles. The summed E-state index contributed by atoms with van der Waals surface area (Å²) in [6.07, 6.45) is 2.12. The zero-order valence-electron chi connectivity index (χ0n) is 10.8. The fourth-order valence-corrected chi connectivity index (χ4v) is 3.83. The molecule has 1 aliphatic rings. The van der Waals surface area contributed by atoms with Gasteiger partial charge in [-0.15, -0.1) is 11.3 Å². The Labute approximate surface area is 121 Å². The number of rotatable bonds is 3. The van der Waals surface area contributed by atoms with Crippen LogP contribution in [-0.2, 0) is 4.79 Å². The molecule has 100 valence electrons. The molecule has 1 aliphatic heterocycles. The minimum Gasteiger partial charge on any atom is -0.342 e. The standard InChI is InChI=1S/C13H19BrN2OS/c1-9(11-3-4-12(14)18-11)13(17)16(2)10-5-7-15-8-6-10/h3-4,9-10,15H,5-8H2,1-2H3. The lowest BCUT2D eigenvalue weighted by Crippen LogP contribution is -2.45. The van der Waals surface area contributed by atoms with Gasteiger partial charge in [0.05, 0.1) is 9.70 Å². The summed E-state index contributed by atoms with van der Waals surface area (Å²) in [5, 5.41) is 3.33. The Morgan fingerprint density at radius 2 is 2.17 bits per heavy atom. The van der Waals surface area contributed by atoms with Gasteiger partial charge in [-0.1, -0.05) is 0 Å². The predicted octanol–water partition coefficient (Wildman–Crippen LogP) is 2.82. The van der Waals surface area contributed by atoms with Crippen molar-refractivity contribution < 1.29 is 4.79 Å². The Kier molecular flexibility index (Phi) is 4.81. The van der Waals surface area contributed by atoms with Gasteiger partial charge in [0.25, 0.3) is 0 Å². The lowest BCUT2D eigenvalue weighted by molar-refractivity contribution is -0.133. The first-order chi connectivity index (χ1) is 8.59. The van der Waals surface area contributed by atoms with Crippen molar-refractivity contribution in [2.45, 2.75) is 31.7 Å². The van der Waals surface area contributed by atoms with E-state index in [-0.39, 0.29) is 11.8 Å². The number of carbonyl (C=O) groups excluding carboxylic acids is 1. The molecule has 1 unspecified atom stereocenters. The molecule has 1 N–H and O–H groups in total. The molecule has 1 aromatic rings. The molecule has 1 fully saturated rings. The molecule has 1 aromatic heterocycles. The van der Waals surface area contributed by atoms with Crippen LogP contribution in [0.1, 0.15) is 30.6 Å². The molecule has 1 atom stereocenters. The van der Waals surface area contributed by atoms with Crippen molar-refractivity contribution in [2.24, 2.45) is 0 Å². The smallest absolute Gasteiger partial charge is 0.230 e. The first-order valence-corrected chi connectivity index (χ1v) is 7.93. The van der Waals surface area contributed by atoms with Gasteiger partial charge in [-0.3, -0.25) is 4.79 Å². The SMILES string of the molecule is CC(C(=O)N(C)C1CCNCC1)c1ccc(Br)s1. The van der Waals surface area contributed by atoms with E-state index in [9.17, 15) is 4.79 Å². The molecule has 2 rings (SSSR count). The minimum atomic E-state index is -0.0406. The first-order valence-electron chi connectivity index (χ1n) is 6.32. The van der Waals surface area contributed by atoms with Crippen LogP contribution in [0, 0.1) is 0 Å². The number of hydrogen-bond donors (Lipinski definition) is 1. The maximum atomic E-state index is 12.4. The average Bonchev–Trinajstić information content (AvgIpc) is 2.84. The second-order valence-electron chi connectivity index (χ2n) is 4.79. The molecule has 18 heavy (non-hydrogen) atoms. The average molecular weight is 331 g/mol. The largest absolute Gasteiger partial charge is 0.342 e. The Bertz CT molecular complexity index is 415. The van der Waals surface area contributed by atoms with E-state index < -0.39 is 0 Å². The topological polar surface area (TPSA) is 32.3 Å². The molecular formula is C13H19BrN2OS. The summed E-state index contributed by atoms with van der Waals surface area (Å²) in [7, 11) is 1.94. The van der Waals surface area contributed by atoms with Crippen LogP contribution < -0.4 is 5.32 Å². The van der Waals surface area contributed by atoms with Crippen LogP contribution in [0.25, 0.3) is 0 Å². The van der Waals surface area contributed by atoms with E-state index in [0.29, 0.717) is 6.04 Å². The molecule has 0 aromatic carbocycles. The number of likely N-dealkylation sites (N-methyl/N-ethyl adjacent to an activating group) is 1. The number of carbonyl (C=O) groups is 1. The quantitative estimate of drug-likeness (QED) is 0.924. The van der Waals surface area contributed by atoms with Crippen LogP contribution in [0.3, 0.4) is 0 Å². The summed E-state index contributed by atoms with van der Waals surface area (Å²) in [5.41, 5.74) is 0. The number of nitrogens with one attached hydrogen (secondary N) is 1. The molecule has 1 amide bonds. The highest BCUT2D eigenvalue weighted by atomic mass is 79.9. The predicted molar refractivity (Wildman–Crippen MR) is 79.1 cm³/mol. The van der Waals surface area contributed by atoms with Gasteiger partial charge in [0, 0.05) is 18.0 Å². The van der Waals surface area contributed by atoms with Gasteiger partial charge in [0.2, 0.25) is 5.91 Å². The highest BCUT2D eigenvalue weighted by Gasteiger charge is 2.26. The van der Waals surface area contributed by atoms with E-state index in [0.717, 1.165) is 34.6 Å². The van der Waals surface area contributed by atoms with Crippen LogP contribution in [-0.4, -0.2) is 37.0 Å². The van der Waals surface area contributed by atoms with Crippen LogP contribution in [0.2, 0.25) is 0 Å². The number of halogens is 1. The molecule has 0 aliphatic carbocycles. The highest BCUT2D eigenvalue weighted by Crippen LogP contribution is 2.30. The van der Waals surface area contributed by atoms with Crippen LogP contribution in [0.5, 0.6) is 0 Å². The van der Waals surface area contributed by atoms with Gasteiger partial charge in [-0.25, -0.2) is 0 Å². The van der Waals surface area contributed by atoms with Crippen molar-refractivity contribution in [1.82, 2.24) is 10.2 Å². The normalized spacial score (nSPS) is 18.6. The molecular weight excluding hydrogens is 312 g/mol. The zero-order valence-corrected chi connectivity index (χ0v) is 13.2.